The van der Waals surface area contributed by atoms with Crippen LogP contribution in [0.3, 0.4) is 0 Å². The summed E-state index contributed by atoms with van der Waals surface area (Å²) >= 11 is 7.57. The van der Waals surface area contributed by atoms with Crippen molar-refractivity contribution < 1.29 is 4.79 Å². The summed E-state index contributed by atoms with van der Waals surface area (Å²) < 4.78 is 0. The number of fused-ring (bicyclic) bond motifs is 1. The van der Waals surface area contributed by atoms with Crippen molar-refractivity contribution >= 4 is 39.9 Å². The zero-order chi connectivity index (χ0) is 19.6. The number of Topliss-reactive ketones (excluding diaryl/α,β-unsaturated/α-hetero) is 1. The molecule has 1 fully saturated rings. The average molecular weight is 414 g/mol. The van der Waals surface area contributed by atoms with Gasteiger partial charge in [0.2, 0.25) is 0 Å². The van der Waals surface area contributed by atoms with Crippen LogP contribution in [0.15, 0.2) is 53.5 Å². The van der Waals surface area contributed by atoms with Crippen LogP contribution in [0.1, 0.15) is 36.8 Å². The molecule has 2 aliphatic rings. The van der Waals surface area contributed by atoms with Gasteiger partial charge in [-0.2, -0.15) is 0 Å². The number of nitrogens with two attached hydrogens (primary N) is 1. The third kappa shape index (κ3) is 4.03. The van der Waals surface area contributed by atoms with Crippen LogP contribution in [-0.4, -0.2) is 35.4 Å². The Kier molecular flexibility index (Phi) is 5.88. The van der Waals surface area contributed by atoms with Gasteiger partial charge >= 0.3 is 0 Å². The lowest BCUT2D eigenvalue weighted by Gasteiger charge is -2.34. The zero-order valence-corrected chi connectivity index (χ0v) is 17.3. The number of benzene rings is 2. The summed E-state index contributed by atoms with van der Waals surface area (Å²) in [5, 5.41) is 1.10. The highest BCUT2D eigenvalue weighted by atomic mass is 35.5. The van der Waals surface area contributed by atoms with Crippen molar-refractivity contribution in [3.63, 3.8) is 0 Å². The highest BCUT2D eigenvalue weighted by molar-refractivity contribution is 8.16. The number of hydrogen-bond donors (Lipinski definition) is 1. The van der Waals surface area contributed by atoms with E-state index in [1.165, 1.54) is 31.0 Å². The normalized spacial score (nSPS) is 22.4. The summed E-state index contributed by atoms with van der Waals surface area (Å²) in [4.78, 5) is 19.1. The van der Waals surface area contributed by atoms with Gasteiger partial charge in [0.15, 0.2) is 5.78 Å². The third-order valence-electron chi connectivity index (χ3n) is 5.38. The first-order valence-corrected chi connectivity index (χ1v) is 10.9. The summed E-state index contributed by atoms with van der Waals surface area (Å²) in [5.41, 5.74) is 9.37. The molecule has 28 heavy (non-hydrogen) atoms. The highest BCUT2D eigenvalue weighted by Crippen LogP contribution is 2.47. The Hall–Kier alpha value is -1.66. The molecule has 0 aliphatic carbocycles. The first-order valence-electron chi connectivity index (χ1n) is 9.74. The molecule has 0 aromatic heterocycles. The molecule has 1 saturated heterocycles. The molecular weight excluding hydrogens is 390 g/mol. The number of aliphatic imine (C=N–C) groups is 1. The maximum atomic E-state index is 13.0. The first-order chi connectivity index (χ1) is 13.6. The maximum Gasteiger partial charge on any atom is 0.189 e. The molecule has 2 aromatic carbocycles. The van der Waals surface area contributed by atoms with Crippen molar-refractivity contribution in [3.8, 4) is 0 Å². The molecule has 2 heterocycles. The Balaban J connectivity index is 1.62. The Bertz CT molecular complexity index is 896. The van der Waals surface area contributed by atoms with Gasteiger partial charge in [0.1, 0.15) is 9.91 Å². The minimum absolute atomic E-state index is 0.0573. The van der Waals surface area contributed by atoms with Crippen LogP contribution in [0.4, 0.5) is 5.69 Å². The van der Waals surface area contributed by atoms with Gasteiger partial charge in [0.25, 0.3) is 0 Å². The van der Waals surface area contributed by atoms with Crippen LogP contribution in [-0.2, 0) is 9.67 Å². The molecule has 0 amide bonds. The van der Waals surface area contributed by atoms with E-state index in [-0.39, 0.29) is 5.78 Å². The maximum absolute atomic E-state index is 13.0. The number of nitrogens with zero attached hydrogens (tertiary/aromatic N) is 2. The lowest BCUT2D eigenvalue weighted by atomic mass is 9.97. The van der Waals surface area contributed by atoms with E-state index in [0.29, 0.717) is 16.5 Å². The molecular formula is C22H24ClN3OS. The van der Waals surface area contributed by atoms with Crippen LogP contribution < -0.4 is 5.73 Å². The fourth-order valence-corrected chi connectivity index (χ4v) is 5.18. The highest BCUT2D eigenvalue weighted by Gasteiger charge is 2.39. The van der Waals surface area contributed by atoms with E-state index in [1.54, 1.807) is 6.07 Å². The number of rotatable bonds is 5. The zero-order valence-electron chi connectivity index (χ0n) is 15.7. The minimum atomic E-state index is -0.890. The van der Waals surface area contributed by atoms with Gasteiger partial charge in [-0.25, -0.2) is 4.99 Å². The fraction of sp³-hybridized carbons (Fsp3) is 0.364. The topological polar surface area (TPSA) is 58.7 Å². The molecule has 146 valence electrons. The van der Waals surface area contributed by atoms with Gasteiger partial charge in [-0.05, 0) is 49.7 Å². The van der Waals surface area contributed by atoms with E-state index in [2.05, 4.69) is 9.89 Å². The molecule has 2 aromatic rings. The summed E-state index contributed by atoms with van der Waals surface area (Å²) in [6.45, 7) is 2.95. The Morgan fingerprint density at radius 2 is 1.89 bits per heavy atom. The monoisotopic (exact) mass is 413 g/mol. The lowest BCUT2D eigenvalue weighted by molar-refractivity contribution is -0.113. The second-order valence-corrected chi connectivity index (χ2v) is 9.03. The van der Waals surface area contributed by atoms with Gasteiger partial charge < -0.3 is 10.6 Å². The predicted octanol–water partition coefficient (Wildman–Crippen LogP) is 4.72. The molecule has 0 spiro atoms. The van der Waals surface area contributed by atoms with Crippen molar-refractivity contribution in [3.05, 3.63) is 64.7 Å². The molecule has 4 rings (SSSR count). The Morgan fingerprint density at radius 1 is 1.14 bits per heavy atom. The molecule has 0 saturated carbocycles. The molecule has 2 aliphatic heterocycles. The van der Waals surface area contributed by atoms with E-state index < -0.39 is 4.87 Å². The molecule has 4 nitrogen and oxygen atoms in total. The number of piperidine rings is 1. The molecule has 1 atom stereocenters. The van der Waals surface area contributed by atoms with E-state index in [0.717, 1.165) is 36.4 Å². The van der Waals surface area contributed by atoms with Crippen LogP contribution in [0.25, 0.3) is 0 Å². The molecule has 0 bridgehead atoms. The quantitative estimate of drug-likeness (QED) is 0.770. The van der Waals surface area contributed by atoms with Crippen molar-refractivity contribution in [1.29, 1.82) is 0 Å². The Labute approximate surface area is 175 Å². The van der Waals surface area contributed by atoms with E-state index in [4.69, 9.17) is 17.3 Å². The van der Waals surface area contributed by atoms with Crippen LogP contribution in [0, 0.1) is 0 Å². The minimum Gasteiger partial charge on any atom is -0.309 e. The number of carbonyl (C=O) groups is 1. The first kappa shape index (κ1) is 19.6. The fourth-order valence-electron chi connectivity index (χ4n) is 3.81. The third-order valence-corrected chi connectivity index (χ3v) is 6.91. The van der Waals surface area contributed by atoms with Crippen LogP contribution >= 0.6 is 23.4 Å². The van der Waals surface area contributed by atoms with Crippen molar-refractivity contribution in [2.45, 2.75) is 30.6 Å². The van der Waals surface area contributed by atoms with Crippen LogP contribution in [0.5, 0.6) is 0 Å². The predicted molar refractivity (Wildman–Crippen MR) is 117 cm³/mol. The van der Waals surface area contributed by atoms with Crippen LogP contribution in [0.2, 0.25) is 5.02 Å². The Morgan fingerprint density at radius 3 is 2.64 bits per heavy atom. The van der Waals surface area contributed by atoms with Gasteiger partial charge in [0, 0.05) is 23.6 Å². The van der Waals surface area contributed by atoms with Crippen molar-refractivity contribution in [2.75, 3.05) is 19.6 Å². The van der Waals surface area contributed by atoms with Gasteiger partial charge in [0.05, 0.1) is 5.69 Å². The van der Waals surface area contributed by atoms with Gasteiger partial charge in [-0.1, -0.05) is 60.1 Å². The van der Waals surface area contributed by atoms with E-state index >= 15 is 0 Å². The number of hydrogen-bond acceptors (Lipinski definition) is 5. The number of halogens is 1. The SMILES string of the molecule is NC1(c2ccccc2)SC(C(=O)CCN2CCCCC2)=Nc2ccc(Cl)cc21. The summed E-state index contributed by atoms with van der Waals surface area (Å²) in [7, 11) is 0. The lowest BCUT2D eigenvalue weighted by Crippen LogP contribution is -2.39. The number of ketones is 1. The van der Waals surface area contributed by atoms with Crippen molar-refractivity contribution in [1.82, 2.24) is 4.90 Å². The van der Waals surface area contributed by atoms with E-state index in [1.807, 2.05) is 42.5 Å². The second kappa shape index (κ2) is 8.37. The molecule has 1 unspecified atom stereocenters. The second-order valence-electron chi connectivity index (χ2n) is 7.36. The standard InChI is InChI=1S/C22H24ClN3OS/c23-17-9-10-19-18(15-17)22(24,16-7-3-1-4-8-16)28-21(25-19)20(27)11-14-26-12-5-2-6-13-26/h1,3-4,7-10,15H,2,5-6,11-14,24H2. The number of carbonyl (C=O) groups excluding carboxylic acids is 1. The smallest absolute Gasteiger partial charge is 0.189 e. The van der Waals surface area contributed by atoms with Gasteiger partial charge in [-0.3, -0.25) is 4.79 Å². The summed E-state index contributed by atoms with van der Waals surface area (Å²) in [6, 6.07) is 15.3. The van der Waals surface area contributed by atoms with Gasteiger partial charge in [-0.15, -0.1) is 0 Å². The average Bonchev–Trinajstić information content (AvgIpc) is 2.74. The van der Waals surface area contributed by atoms with E-state index in [9.17, 15) is 4.79 Å². The summed E-state index contributed by atoms with van der Waals surface area (Å²) in [5.74, 6) is 0.0573. The number of thioether (sulfide) groups is 1. The molecule has 0 radical (unpaired) electrons. The number of likely N-dealkylation sites (tertiary alicyclic amines) is 1. The summed E-state index contributed by atoms with van der Waals surface area (Å²) in [6.07, 6.45) is 4.20. The molecule has 2 N–H and O–H groups in total. The largest absolute Gasteiger partial charge is 0.309 e. The molecule has 6 heteroatoms. The van der Waals surface area contributed by atoms with Crippen molar-refractivity contribution in [2.24, 2.45) is 10.7 Å².